The number of fused-ring (bicyclic) bond motifs is 1. The van der Waals surface area contributed by atoms with Crippen LogP contribution < -0.4 is 5.32 Å². The summed E-state index contributed by atoms with van der Waals surface area (Å²) in [4.78, 5) is 3.98. The van der Waals surface area contributed by atoms with E-state index in [0.717, 1.165) is 19.3 Å². The fraction of sp³-hybridized carbons (Fsp3) is 0.385. The summed E-state index contributed by atoms with van der Waals surface area (Å²) in [7, 11) is 0. The molecule has 5 nitrogen and oxygen atoms in total. The summed E-state index contributed by atoms with van der Waals surface area (Å²) in [6, 6.07) is 5.86. The van der Waals surface area contributed by atoms with E-state index in [4.69, 9.17) is 4.52 Å². The van der Waals surface area contributed by atoms with Crippen molar-refractivity contribution in [2.24, 2.45) is 0 Å². The van der Waals surface area contributed by atoms with Crippen LogP contribution in [0.2, 0.25) is 0 Å². The molecule has 0 aliphatic heterocycles. The second-order valence-electron chi connectivity index (χ2n) is 4.56. The summed E-state index contributed by atoms with van der Waals surface area (Å²) in [5.74, 6) is 0.976. The molecule has 3 rings (SSSR count). The van der Waals surface area contributed by atoms with E-state index in [1.165, 1.54) is 17.5 Å². The zero-order chi connectivity index (χ0) is 12.4. The van der Waals surface area contributed by atoms with Gasteiger partial charge in [0.2, 0.25) is 6.39 Å². The van der Waals surface area contributed by atoms with Gasteiger partial charge in [-0.2, -0.15) is 4.98 Å². The van der Waals surface area contributed by atoms with Gasteiger partial charge in [-0.05, 0) is 42.5 Å². The second kappa shape index (κ2) is 4.78. The van der Waals surface area contributed by atoms with Gasteiger partial charge in [-0.15, -0.1) is 0 Å². The molecule has 1 heterocycles. The maximum absolute atomic E-state index is 9.59. The zero-order valence-corrected chi connectivity index (χ0v) is 9.97. The third-order valence-electron chi connectivity index (χ3n) is 3.36. The van der Waals surface area contributed by atoms with E-state index < -0.39 is 0 Å². The van der Waals surface area contributed by atoms with Gasteiger partial charge < -0.3 is 14.9 Å². The van der Waals surface area contributed by atoms with E-state index in [1.807, 2.05) is 12.1 Å². The number of hydrogen-bond donors (Lipinski definition) is 2. The van der Waals surface area contributed by atoms with Gasteiger partial charge in [0.05, 0.1) is 6.54 Å². The number of aromatic hydroxyl groups is 1. The molecule has 1 aromatic heterocycles. The summed E-state index contributed by atoms with van der Waals surface area (Å²) in [6.45, 7) is 0.580. The summed E-state index contributed by atoms with van der Waals surface area (Å²) >= 11 is 0. The van der Waals surface area contributed by atoms with Crippen LogP contribution in [-0.4, -0.2) is 15.2 Å². The average Bonchev–Trinajstić information content (AvgIpc) is 2.89. The number of rotatable bonds is 3. The van der Waals surface area contributed by atoms with E-state index in [2.05, 4.69) is 15.5 Å². The summed E-state index contributed by atoms with van der Waals surface area (Å²) in [5.41, 5.74) is 2.49. The Labute approximate surface area is 105 Å². The third kappa shape index (κ3) is 2.22. The maximum Gasteiger partial charge on any atom is 0.213 e. The predicted molar refractivity (Wildman–Crippen MR) is 64.9 cm³/mol. The molecule has 2 aromatic rings. The van der Waals surface area contributed by atoms with Gasteiger partial charge in [0.1, 0.15) is 5.75 Å². The molecular weight excluding hydrogens is 230 g/mol. The molecule has 0 saturated carbocycles. The highest BCUT2D eigenvalue weighted by molar-refractivity contribution is 5.38. The Morgan fingerprint density at radius 1 is 1.44 bits per heavy atom. The molecule has 1 unspecified atom stereocenters. The summed E-state index contributed by atoms with van der Waals surface area (Å²) in [6.07, 6.45) is 4.63. The molecule has 1 aliphatic carbocycles. The summed E-state index contributed by atoms with van der Waals surface area (Å²) < 4.78 is 4.70. The minimum Gasteiger partial charge on any atom is -0.508 e. The van der Waals surface area contributed by atoms with Crippen molar-refractivity contribution in [3.05, 3.63) is 41.5 Å². The van der Waals surface area contributed by atoms with Gasteiger partial charge >= 0.3 is 0 Å². The van der Waals surface area contributed by atoms with Gasteiger partial charge in [-0.3, -0.25) is 0 Å². The Balaban J connectivity index is 1.76. The number of aromatic nitrogens is 2. The van der Waals surface area contributed by atoms with Gasteiger partial charge in [0.15, 0.2) is 5.82 Å². The predicted octanol–water partition coefficient (Wildman–Crippen LogP) is 1.94. The molecule has 0 saturated heterocycles. The van der Waals surface area contributed by atoms with Crippen LogP contribution in [0.4, 0.5) is 0 Å². The standard InChI is InChI=1S/C13H15N3O2/c17-10-5-4-9-2-1-3-12(11(9)6-10)14-7-13-15-8-18-16-13/h4-6,8,12,14,17H,1-3,7H2. The number of benzene rings is 1. The van der Waals surface area contributed by atoms with Gasteiger partial charge in [0, 0.05) is 6.04 Å². The van der Waals surface area contributed by atoms with Gasteiger partial charge in [-0.1, -0.05) is 11.2 Å². The molecule has 0 radical (unpaired) electrons. The number of aryl methyl sites for hydroxylation is 1. The first kappa shape index (κ1) is 11.2. The maximum atomic E-state index is 9.59. The highest BCUT2D eigenvalue weighted by Crippen LogP contribution is 2.32. The van der Waals surface area contributed by atoms with Crippen molar-refractivity contribution in [1.82, 2.24) is 15.5 Å². The highest BCUT2D eigenvalue weighted by Gasteiger charge is 2.20. The van der Waals surface area contributed by atoms with Crippen molar-refractivity contribution in [2.45, 2.75) is 31.8 Å². The molecule has 94 valence electrons. The topological polar surface area (TPSA) is 71.2 Å². The number of phenols is 1. The fourth-order valence-corrected chi connectivity index (χ4v) is 2.48. The fourth-order valence-electron chi connectivity index (χ4n) is 2.48. The molecule has 1 aromatic carbocycles. The molecule has 0 bridgehead atoms. The molecule has 0 fully saturated rings. The number of nitrogens with zero attached hydrogens (tertiary/aromatic N) is 2. The molecule has 1 aliphatic rings. The Kier molecular flexibility index (Phi) is 2.98. The SMILES string of the molecule is Oc1ccc2c(c1)C(NCc1ncon1)CCC2. The lowest BCUT2D eigenvalue weighted by molar-refractivity contribution is 0.397. The van der Waals surface area contributed by atoms with Crippen LogP contribution >= 0.6 is 0 Å². The van der Waals surface area contributed by atoms with Crippen LogP contribution in [0.15, 0.2) is 29.1 Å². The largest absolute Gasteiger partial charge is 0.508 e. The lowest BCUT2D eigenvalue weighted by Crippen LogP contribution is -2.25. The second-order valence-corrected chi connectivity index (χ2v) is 4.56. The van der Waals surface area contributed by atoms with Gasteiger partial charge in [0.25, 0.3) is 0 Å². The van der Waals surface area contributed by atoms with Crippen LogP contribution in [0.25, 0.3) is 0 Å². The lowest BCUT2D eigenvalue weighted by atomic mass is 9.87. The lowest BCUT2D eigenvalue weighted by Gasteiger charge is -2.26. The molecule has 0 amide bonds. The van der Waals surface area contributed by atoms with E-state index >= 15 is 0 Å². The monoisotopic (exact) mass is 245 g/mol. The molecule has 2 N–H and O–H groups in total. The smallest absolute Gasteiger partial charge is 0.213 e. The first-order chi connectivity index (χ1) is 8.83. The van der Waals surface area contributed by atoms with Crippen LogP contribution in [-0.2, 0) is 13.0 Å². The highest BCUT2D eigenvalue weighted by atomic mass is 16.5. The van der Waals surface area contributed by atoms with Crippen molar-refractivity contribution in [1.29, 1.82) is 0 Å². The third-order valence-corrected chi connectivity index (χ3v) is 3.36. The molecular formula is C13H15N3O2. The van der Waals surface area contributed by atoms with Crippen LogP contribution in [0.1, 0.15) is 35.8 Å². The minimum absolute atomic E-state index is 0.249. The van der Waals surface area contributed by atoms with E-state index in [1.54, 1.807) is 6.07 Å². The minimum atomic E-state index is 0.249. The Hall–Kier alpha value is -1.88. The van der Waals surface area contributed by atoms with Crippen LogP contribution in [0, 0.1) is 0 Å². The van der Waals surface area contributed by atoms with Crippen molar-refractivity contribution in [3.8, 4) is 5.75 Å². The first-order valence-electron chi connectivity index (χ1n) is 6.13. The Morgan fingerprint density at radius 3 is 3.22 bits per heavy atom. The summed E-state index contributed by atoms with van der Waals surface area (Å²) in [5, 5.41) is 16.8. The number of hydrogen-bond acceptors (Lipinski definition) is 5. The first-order valence-corrected chi connectivity index (χ1v) is 6.13. The van der Waals surface area contributed by atoms with Crippen molar-refractivity contribution >= 4 is 0 Å². The number of nitrogens with one attached hydrogen (secondary N) is 1. The zero-order valence-electron chi connectivity index (χ0n) is 9.97. The molecule has 0 spiro atoms. The number of phenolic OH excluding ortho intramolecular Hbond substituents is 1. The van der Waals surface area contributed by atoms with Crippen molar-refractivity contribution in [2.75, 3.05) is 0 Å². The van der Waals surface area contributed by atoms with E-state index in [0.29, 0.717) is 18.1 Å². The van der Waals surface area contributed by atoms with Crippen LogP contribution in [0.3, 0.4) is 0 Å². The molecule has 5 heteroatoms. The van der Waals surface area contributed by atoms with E-state index in [9.17, 15) is 5.11 Å². The Bertz CT molecular complexity index is 525. The molecule has 18 heavy (non-hydrogen) atoms. The molecule has 1 atom stereocenters. The van der Waals surface area contributed by atoms with Crippen molar-refractivity contribution in [3.63, 3.8) is 0 Å². The Morgan fingerprint density at radius 2 is 2.39 bits per heavy atom. The van der Waals surface area contributed by atoms with Crippen molar-refractivity contribution < 1.29 is 9.63 Å². The average molecular weight is 245 g/mol. The normalized spacial score (nSPS) is 18.6. The quantitative estimate of drug-likeness (QED) is 0.864. The van der Waals surface area contributed by atoms with Gasteiger partial charge in [-0.25, -0.2) is 0 Å². The van der Waals surface area contributed by atoms with Crippen LogP contribution in [0.5, 0.6) is 5.75 Å². The van der Waals surface area contributed by atoms with E-state index in [-0.39, 0.29) is 6.04 Å².